The molecule has 0 aliphatic carbocycles. The van der Waals surface area contributed by atoms with Crippen molar-refractivity contribution in [3.8, 4) is 5.75 Å². The van der Waals surface area contributed by atoms with E-state index in [1.807, 2.05) is 24.3 Å². The highest BCUT2D eigenvalue weighted by Gasteiger charge is 2.18. The molecule has 0 atom stereocenters. The Hall–Kier alpha value is -1.72. The van der Waals surface area contributed by atoms with Crippen molar-refractivity contribution < 1.29 is 14.3 Å². The normalized spacial score (nSPS) is 10.2. The Labute approximate surface area is 135 Å². The second-order valence-corrected chi connectivity index (χ2v) is 5.51. The van der Waals surface area contributed by atoms with Crippen LogP contribution < -0.4 is 10.5 Å². The maximum atomic E-state index is 11.8. The van der Waals surface area contributed by atoms with Gasteiger partial charge in [0.2, 0.25) is 0 Å². The van der Waals surface area contributed by atoms with E-state index in [0.717, 1.165) is 10.0 Å². The first-order valence-electron chi connectivity index (χ1n) is 6.06. The lowest BCUT2D eigenvalue weighted by Gasteiger charge is -2.13. The summed E-state index contributed by atoms with van der Waals surface area (Å²) in [5.41, 5.74) is 7.20. The van der Waals surface area contributed by atoms with Crippen molar-refractivity contribution in [3.05, 3.63) is 57.0 Å². The van der Waals surface area contributed by atoms with Gasteiger partial charge in [-0.2, -0.15) is 0 Å². The van der Waals surface area contributed by atoms with Crippen molar-refractivity contribution >= 4 is 39.2 Å². The summed E-state index contributed by atoms with van der Waals surface area (Å²) in [5, 5.41) is 0.266. The first-order valence-corrected chi connectivity index (χ1v) is 7.23. The molecule has 2 aromatic rings. The van der Waals surface area contributed by atoms with Gasteiger partial charge in [0.05, 0.1) is 12.1 Å². The van der Waals surface area contributed by atoms with Crippen LogP contribution in [0.25, 0.3) is 0 Å². The Morgan fingerprint density at radius 2 is 2.05 bits per heavy atom. The lowest BCUT2D eigenvalue weighted by Crippen LogP contribution is -2.07. The van der Waals surface area contributed by atoms with Gasteiger partial charge < -0.3 is 15.2 Å². The summed E-state index contributed by atoms with van der Waals surface area (Å²) in [6, 6.07) is 10.6. The first-order chi connectivity index (χ1) is 10.0. The molecule has 0 saturated carbocycles. The van der Waals surface area contributed by atoms with Crippen LogP contribution in [0, 0.1) is 0 Å². The summed E-state index contributed by atoms with van der Waals surface area (Å²) in [6.07, 6.45) is 0. The van der Waals surface area contributed by atoms with Gasteiger partial charge in [-0.25, -0.2) is 4.79 Å². The Kier molecular flexibility index (Phi) is 5.09. The van der Waals surface area contributed by atoms with Crippen LogP contribution in [-0.4, -0.2) is 13.1 Å². The van der Waals surface area contributed by atoms with Crippen molar-refractivity contribution in [1.82, 2.24) is 0 Å². The number of hydrogen-bond donors (Lipinski definition) is 1. The van der Waals surface area contributed by atoms with Gasteiger partial charge in [0.25, 0.3) is 0 Å². The topological polar surface area (TPSA) is 61.5 Å². The van der Waals surface area contributed by atoms with E-state index >= 15 is 0 Å². The van der Waals surface area contributed by atoms with Crippen LogP contribution in [-0.2, 0) is 11.3 Å². The van der Waals surface area contributed by atoms with E-state index in [1.54, 1.807) is 0 Å². The molecule has 0 bridgehead atoms. The fraction of sp³-hybridized carbons (Fsp3) is 0.133. The molecule has 0 saturated heterocycles. The number of rotatable bonds is 4. The lowest BCUT2D eigenvalue weighted by molar-refractivity contribution is 0.0595. The number of nitrogen functional groups attached to an aromatic ring is 1. The highest BCUT2D eigenvalue weighted by Crippen LogP contribution is 2.33. The van der Waals surface area contributed by atoms with E-state index in [1.165, 1.54) is 19.2 Å². The molecule has 21 heavy (non-hydrogen) atoms. The van der Waals surface area contributed by atoms with Crippen LogP contribution in [0.4, 0.5) is 5.69 Å². The molecule has 2 aromatic carbocycles. The van der Waals surface area contributed by atoms with Crippen LogP contribution in [0.15, 0.2) is 40.9 Å². The Balaban J connectivity index is 2.31. The van der Waals surface area contributed by atoms with E-state index < -0.39 is 5.97 Å². The third-order valence-electron chi connectivity index (χ3n) is 2.80. The van der Waals surface area contributed by atoms with E-state index in [9.17, 15) is 4.79 Å². The quantitative estimate of drug-likeness (QED) is 0.651. The zero-order chi connectivity index (χ0) is 15.4. The fourth-order valence-electron chi connectivity index (χ4n) is 1.79. The molecule has 4 nitrogen and oxygen atoms in total. The summed E-state index contributed by atoms with van der Waals surface area (Å²) < 4.78 is 11.3. The van der Waals surface area contributed by atoms with Gasteiger partial charge in [-0.15, -0.1) is 0 Å². The van der Waals surface area contributed by atoms with Gasteiger partial charge in [0, 0.05) is 15.7 Å². The van der Waals surface area contributed by atoms with Crippen molar-refractivity contribution in [3.63, 3.8) is 0 Å². The highest BCUT2D eigenvalue weighted by molar-refractivity contribution is 9.10. The fourth-order valence-corrected chi connectivity index (χ4v) is 2.47. The van der Waals surface area contributed by atoms with Gasteiger partial charge in [-0.05, 0) is 18.2 Å². The summed E-state index contributed by atoms with van der Waals surface area (Å²) in [5.74, 6) is -0.292. The highest BCUT2D eigenvalue weighted by atomic mass is 79.9. The number of esters is 1. The van der Waals surface area contributed by atoms with Crippen molar-refractivity contribution in [2.75, 3.05) is 12.8 Å². The zero-order valence-corrected chi connectivity index (χ0v) is 13.6. The van der Waals surface area contributed by atoms with Gasteiger partial charge in [0.15, 0.2) is 5.75 Å². The average Bonchev–Trinajstić information content (AvgIpc) is 2.46. The number of hydrogen-bond acceptors (Lipinski definition) is 4. The minimum Gasteiger partial charge on any atom is -0.486 e. The number of ether oxygens (including phenoxy) is 2. The minimum atomic E-state index is -0.550. The molecule has 0 aliphatic rings. The van der Waals surface area contributed by atoms with Gasteiger partial charge in [-0.1, -0.05) is 45.7 Å². The molecule has 0 spiro atoms. The number of halogens is 2. The van der Waals surface area contributed by atoms with Gasteiger partial charge in [0.1, 0.15) is 12.2 Å². The average molecular weight is 371 g/mol. The zero-order valence-electron chi connectivity index (χ0n) is 11.2. The van der Waals surface area contributed by atoms with Crippen LogP contribution in [0.2, 0.25) is 5.02 Å². The first kappa shape index (κ1) is 15.7. The molecule has 110 valence electrons. The predicted octanol–water partition coefficient (Wildman–Crippen LogP) is 4.05. The summed E-state index contributed by atoms with van der Waals surface area (Å²) in [4.78, 5) is 11.8. The van der Waals surface area contributed by atoms with Crippen LogP contribution in [0.1, 0.15) is 15.9 Å². The third-order valence-corrected chi connectivity index (χ3v) is 3.86. The number of carbonyl (C=O) groups excluding carboxylic acids is 1. The monoisotopic (exact) mass is 369 g/mol. The van der Waals surface area contributed by atoms with E-state index in [-0.39, 0.29) is 22.9 Å². The molecule has 0 unspecified atom stereocenters. The van der Waals surface area contributed by atoms with Crippen LogP contribution in [0.5, 0.6) is 5.75 Å². The molecule has 0 aromatic heterocycles. The predicted molar refractivity (Wildman–Crippen MR) is 85.7 cm³/mol. The molecule has 0 amide bonds. The lowest BCUT2D eigenvalue weighted by atomic mass is 10.1. The van der Waals surface area contributed by atoms with Crippen LogP contribution in [0.3, 0.4) is 0 Å². The maximum absolute atomic E-state index is 11.8. The molecule has 2 rings (SSSR count). The molecule has 0 heterocycles. The molecule has 2 N–H and O–H groups in total. The Bertz CT molecular complexity index is 676. The second-order valence-electron chi connectivity index (χ2n) is 4.25. The molecule has 0 radical (unpaired) electrons. The SMILES string of the molecule is COC(=O)c1cc(N)cc(Cl)c1OCc1ccccc1Br. The largest absolute Gasteiger partial charge is 0.486 e. The van der Waals surface area contributed by atoms with E-state index in [0.29, 0.717) is 5.69 Å². The Morgan fingerprint density at radius 1 is 1.33 bits per heavy atom. The number of benzene rings is 2. The number of anilines is 1. The van der Waals surface area contributed by atoms with Gasteiger partial charge >= 0.3 is 5.97 Å². The van der Waals surface area contributed by atoms with Crippen molar-refractivity contribution in [1.29, 1.82) is 0 Å². The summed E-state index contributed by atoms with van der Waals surface area (Å²) >= 11 is 9.55. The van der Waals surface area contributed by atoms with Gasteiger partial charge in [-0.3, -0.25) is 0 Å². The smallest absolute Gasteiger partial charge is 0.341 e. The summed E-state index contributed by atoms with van der Waals surface area (Å²) in [7, 11) is 1.29. The van der Waals surface area contributed by atoms with Crippen LogP contribution >= 0.6 is 27.5 Å². The third kappa shape index (κ3) is 3.68. The van der Waals surface area contributed by atoms with E-state index in [2.05, 4.69) is 15.9 Å². The molecular weight excluding hydrogens is 358 g/mol. The second kappa shape index (κ2) is 6.83. The number of carbonyl (C=O) groups is 1. The minimum absolute atomic E-state index is 0.203. The molecule has 0 aliphatic heterocycles. The van der Waals surface area contributed by atoms with Crippen molar-refractivity contribution in [2.24, 2.45) is 0 Å². The standard InChI is InChI=1S/C15H13BrClNO3/c1-20-15(19)11-6-10(18)7-13(17)14(11)21-8-9-4-2-3-5-12(9)16/h2-7H,8,18H2,1H3. The maximum Gasteiger partial charge on any atom is 0.341 e. The number of nitrogens with two attached hydrogens (primary N) is 1. The number of methoxy groups -OCH3 is 1. The van der Waals surface area contributed by atoms with Crippen molar-refractivity contribution in [2.45, 2.75) is 6.61 Å². The molecular formula is C15H13BrClNO3. The molecule has 0 fully saturated rings. The summed E-state index contributed by atoms with van der Waals surface area (Å²) in [6.45, 7) is 0.259. The van der Waals surface area contributed by atoms with E-state index in [4.69, 9.17) is 26.8 Å². The Morgan fingerprint density at radius 3 is 2.71 bits per heavy atom. The molecule has 6 heteroatoms.